The van der Waals surface area contributed by atoms with E-state index in [9.17, 15) is 9.59 Å². The largest absolute Gasteiger partial charge is 0.495 e. The third kappa shape index (κ3) is 2.99. The van der Waals surface area contributed by atoms with Gasteiger partial charge in [-0.05, 0) is 59.0 Å². The Morgan fingerprint density at radius 3 is 2.38 bits per heavy atom. The SMILES string of the molecule is COc1ccccc1NC1=C(Cl)C(=O)N(c2ccc(I)cc2)C1=O. The second kappa shape index (κ2) is 6.82. The van der Waals surface area contributed by atoms with Crippen molar-refractivity contribution < 1.29 is 14.3 Å². The van der Waals surface area contributed by atoms with Crippen LogP contribution in [0.4, 0.5) is 11.4 Å². The molecule has 3 rings (SSSR count). The number of halogens is 2. The van der Waals surface area contributed by atoms with Crippen LogP contribution in [-0.2, 0) is 9.59 Å². The predicted molar refractivity (Wildman–Crippen MR) is 101 cm³/mol. The molecule has 2 amide bonds. The average Bonchev–Trinajstić information content (AvgIpc) is 2.80. The van der Waals surface area contributed by atoms with E-state index in [1.54, 1.807) is 36.4 Å². The number of hydrogen-bond donors (Lipinski definition) is 1. The third-order valence-electron chi connectivity index (χ3n) is 3.48. The molecule has 0 unspecified atom stereocenters. The van der Waals surface area contributed by atoms with Crippen LogP contribution < -0.4 is 15.0 Å². The molecule has 0 radical (unpaired) electrons. The molecule has 1 aliphatic heterocycles. The van der Waals surface area contributed by atoms with Crippen LogP contribution in [0.1, 0.15) is 0 Å². The Balaban J connectivity index is 1.93. The van der Waals surface area contributed by atoms with E-state index in [1.165, 1.54) is 7.11 Å². The van der Waals surface area contributed by atoms with Crippen LogP contribution >= 0.6 is 34.2 Å². The molecular formula is C17H12ClIN2O3. The molecule has 0 saturated carbocycles. The Bertz CT molecular complexity index is 849. The van der Waals surface area contributed by atoms with Crippen molar-refractivity contribution in [2.24, 2.45) is 0 Å². The molecule has 7 heteroatoms. The quantitative estimate of drug-likeness (QED) is 0.565. The van der Waals surface area contributed by atoms with E-state index in [1.807, 2.05) is 12.1 Å². The summed E-state index contributed by atoms with van der Waals surface area (Å²) in [5.41, 5.74) is 1.06. The minimum absolute atomic E-state index is 0.0321. The topological polar surface area (TPSA) is 58.6 Å². The van der Waals surface area contributed by atoms with E-state index in [2.05, 4.69) is 27.9 Å². The third-order valence-corrected chi connectivity index (χ3v) is 4.55. The van der Waals surface area contributed by atoms with Crippen molar-refractivity contribution in [3.05, 3.63) is 62.8 Å². The monoisotopic (exact) mass is 454 g/mol. The van der Waals surface area contributed by atoms with Crippen LogP contribution in [0.2, 0.25) is 0 Å². The number of amides is 2. The average molecular weight is 455 g/mol. The van der Waals surface area contributed by atoms with Crippen molar-refractivity contribution in [1.82, 2.24) is 0 Å². The molecule has 0 atom stereocenters. The van der Waals surface area contributed by atoms with E-state index >= 15 is 0 Å². The molecule has 0 aromatic heterocycles. The summed E-state index contributed by atoms with van der Waals surface area (Å²) in [5, 5.41) is 2.76. The fourth-order valence-corrected chi connectivity index (χ4v) is 2.89. The summed E-state index contributed by atoms with van der Waals surface area (Å²) in [7, 11) is 1.52. The van der Waals surface area contributed by atoms with Gasteiger partial charge in [0.1, 0.15) is 16.5 Å². The molecule has 0 fully saturated rings. The number of hydrogen-bond acceptors (Lipinski definition) is 4. The molecule has 24 heavy (non-hydrogen) atoms. The number of para-hydroxylation sites is 2. The maximum Gasteiger partial charge on any atom is 0.283 e. The van der Waals surface area contributed by atoms with Gasteiger partial charge >= 0.3 is 0 Å². The van der Waals surface area contributed by atoms with E-state index < -0.39 is 11.8 Å². The van der Waals surface area contributed by atoms with Gasteiger partial charge in [0.05, 0.1) is 18.5 Å². The Morgan fingerprint density at radius 1 is 1.04 bits per heavy atom. The molecule has 2 aromatic carbocycles. The lowest BCUT2D eigenvalue weighted by Crippen LogP contribution is -2.32. The highest BCUT2D eigenvalue weighted by atomic mass is 127. The van der Waals surface area contributed by atoms with Crippen LogP contribution in [0.15, 0.2) is 59.3 Å². The highest BCUT2D eigenvalue weighted by Gasteiger charge is 2.39. The number of imide groups is 1. The fraction of sp³-hybridized carbons (Fsp3) is 0.0588. The summed E-state index contributed by atoms with van der Waals surface area (Å²) in [4.78, 5) is 26.1. The lowest BCUT2D eigenvalue weighted by atomic mass is 10.2. The maximum atomic E-state index is 12.7. The van der Waals surface area contributed by atoms with Crippen molar-refractivity contribution in [2.75, 3.05) is 17.3 Å². The van der Waals surface area contributed by atoms with Gasteiger partial charge in [0, 0.05) is 3.57 Å². The van der Waals surface area contributed by atoms with Crippen LogP contribution in [-0.4, -0.2) is 18.9 Å². The molecule has 0 bridgehead atoms. The summed E-state index contributed by atoms with van der Waals surface area (Å²) in [6.07, 6.45) is 0. The first kappa shape index (κ1) is 16.8. The molecule has 122 valence electrons. The molecule has 0 aliphatic carbocycles. The molecule has 2 aromatic rings. The number of benzene rings is 2. The molecule has 1 N–H and O–H groups in total. The van der Waals surface area contributed by atoms with E-state index in [0.29, 0.717) is 17.1 Å². The second-order valence-corrected chi connectivity index (χ2v) is 6.56. The standard InChI is InChI=1S/C17H12ClIN2O3/c1-24-13-5-3-2-4-12(13)20-15-14(18)16(22)21(17(15)23)11-8-6-10(19)7-9-11/h2-9,20H,1H3. The zero-order chi connectivity index (χ0) is 17.3. The van der Waals surface area contributed by atoms with Crippen LogP contribution in [0, 0.1) is 3.57 Å². The minimum atomic E-state index is -0.555. The molecule has 5 nitrogen and oxygen atoms in total. The van der Waals surface area contributed by atoms with Gasteiger partial charge in [0.15, 0.2) is 0 Å². The van der Waals surface area contributed by atoms with Gasteiger partial charge in [-0.2, -0.15) is 0 Å². The predicted octanol–water partition coefficient (Wildman–Crippen LogP) is 3.74. The Labute approximate surface area is 157 Å². The number of carbonyl (C=O) groups excluding carboxylic acids is 2. The molecule has 0 saturated heterocycles. The highest BCUT2D eigenvalue weighted by Crippen LogP contribution is 2.32. The van der Waals surface area contributed by atoms with E-state index in [-0.39, 0.29) is 10.7 Å². The number of nitrogens with zero attached hydrogens (tertiary/aromatic N) is 1. The molecular weight excluding hydrogens is 443 g/mol. The molecule has 0 spiro atoms. The smallest absolute Gasteiger partial charge is 0.283 e. The van der Waals surface area contributed by atoms with Gasteiger partial charge < -0.3 is 10.1 Å². The first-order chi connectivity index (χ1) is 11.5. The van der Waals surface area contributed by atoms with Crippen molar-refractivity contribution in [1.29, 1.82) is 0 Å². The van der Waals surface area contributed by atoms with Gasteiger partial charge in [-0.25, -0.2) is 4.90 Å². The summed E-state index contributed by atoms with van der Waals surface area (Å²) in [6, 6.07) is 14.1. The van der Waals surface area contributed by atoms with Gasteiger partial charge in [-0.3, -0.25) is 9.59 Å². The number of methoxy groups -OCH3 is 1. The van der Waals surface area contributed by atoms with Crippen LogP contribution in [0.25, 0.3) is 0 Å². The number of carbonyl (C=O) groups is 2. The second-order valence-electron chi connectivity index (χ2n) is 4.94. The van der Waals surface area contributed by atoms with Crippen LogP contribution in [0.5, 0.6) is 5.75 Å². The molecule has 1 heterocycles. The summed E-state index contributed by atoms with van der Waals surface area (Å²) in [5.74, 6) is -0.514. The first-order valence-electron chi connectivity index (χ1n) is 6.97. The van der Waals surface area contributed by atoms with Gasteiger partial charge in [0.2, 0.25) is 0 Å². The Morgan fingerprint density at radius 2 is 1.71 bits per heavy atom. The van der Waals surface area contributed by atoms with Crippen molar-refractivity contribution in [2.45, 2.75) is 0 Å². The van der Waals surface area contributed by atoms with E-state index in [4.69, 9.17) is 16.3 Å². The zero-order valence-corrected chi connectivity index (χ0v) is 15.5. The minimum Gasteiger partial charge on any atom is -0.495 e. The summed E-state index contributed by atoms with van der Waals surface area (Å²) >= 11 is 8.26. The summed E-state index contributed by atoms with van der Waals surface area (Å²) in [6.45, 7) is 0. The maximum absolute atomic E-state index is 12.7. The zero-order valence-electron chi connectivity index (χ0n) is 12.5. The highest BCUT2D eigenvalue weighted by molar-refractivity contribution is 14.1. The van der Waals surface area contributed by atoms with Crippen molar-refractivity contribution in [3.63, 3.8) is 0 Å². The number of rotatable bonds is 4. The molecule has 1 aliphatic rings. The van der Waals surface area contributed by atoms with Crippen molar-refractivity contribution in [3.8, 4) is 5.75 Å². The lowest BCUT2D eigenvalue weighted by molar-refractivity contribution is -0.120. The number of ether oxygens (including phenoxy) is 1. The number of anilines is 2. The summed E-state index contributed by atoms with van der Waals surface area (Å²) < 4.78 is 6.24. The normalized spacial score (nSPS) is 14.4. The van der Waals surface area contributed by atoms with Crippen molar-refractivity contribution >= 4 is 57.4 Å². The Kier molecular flexibility index (Phi) is 4.77. The first-order valence-corrected chi connectivity index (χ1v) is 8.42. The van der Waals surface area contributed by atoms with Gasteiger partial charge in [-0.1, -0.05) is 23.7 Å². The van der Waals surface area contributed by atoms with Crippen LogP contribution in [0.3, 0.4) is 0 Å². The fourth-order valence-electron chi connectivity index (χ4n) is 2.32. The lowest BCUT2D eigenvalue weighted by Gasteiger charge is -2.15. The van der Waals surface area contributed by atoms with E-state index in [0.717, 1.165) is 8.47 Å². The number of nitrogens with one attached hydrogen (secondary N) is 1. The Hall–Kier alpha value is -2.06. The van der Waals surface area contributed by atoms with Gasteiger partial charge in [0.25, 0.3) is 11.8 Å². The van der Waals surface area contributed by atoms with Gasteiger partial charge in [-0.15, -0.1) is 0 Å².